The molecule has 2 aliphatic heterocycles. The summed E-state index contributed by atoms with van der Waals surface area (Å²) < 4.78 is 6.18. The van der Waals surface area contributed by atoms with Crippen molar-refractivity contribution >= 4 is 54.7 Å². The Balaban J connectivity index is 0.00000308. The van der Waals surface area contributed by atoms with Crippen molar-refractivity contribution in [2.45, 2.75) is 25.8 Å². The lowest BCUT2D eigenvalue weighted by molar-refractivity contribution is -0.132. The number of pyridine rings is 1. The van der Waals surface area contributed by atoms with Crippen LogP contribution in [0, 0.1) is 11.8 Å². The Morgan fingerprint density at radius 1 is 1.12 bits per heavy atom. The molecule has 2 aliphatic rings. The topological polar surface area (TPSA) is 90.0 Å². The third-order valence-electron chi connectivity index (χ3n) is 7.71. The number of likely N-dealkylation sites (N-methyl/N-ethyl adjacent to an activating group) is 2. The molecule has 1 aromatic heterocycles. The third-order valence-corrected chi connectivity index (χ3v) is 7.71. The van der Waals surface area contributed by atoms with Gasteiger partial charge in [0.15, 0.2) is 0 Å². The van der Waals surface area contributed by atoms with Crippen molar-refractivity contribution in [3.63, 3.8) is 0 Å². The van der Waals surface area contributed by atoms with Gasteiger partial charge >= 0.3 is 0 Å². The Labute approximate surface area is 275 Å². The van der Waals surface area contributed by atoms with Crippen molar-refractivity contribution in [1.82, 2.24) is 25.4 Å². The van der Waals surface area contributed by atoms with Gasteiger partial charge in [-0.05, 0) is 62.7 Å². The summed E-state index contributed by atoms with van der Waals surface area (Å²) in [6.07, 6.45) is 8.16. The number of hydrogen-bond acceptors (Lipinski definition) is 7. The van der Waals surface area contributed by atoms with Gasteiger partial charge in [-0.3, -0.25) is 14.6 Å². The number of benzene rings is 1. The number of anilines is 1. The Hall–Kier alpha value is -2.56. The van der Waals surface area contributed by atoms with Gasteiger partial charge in [0.2, 0.25) is 11.8 Å². The first-order valence-corrected chi connectivity index (χ1v) is 14.3. The van der Waals surface area contributed by atoms with E-state index in [1.165, 1.54) is 0 Å². The highest BCUT2D eigenvalue weighted by atomic mass is 35.5. The minimum Gasteiger partial charge on any atom is -0.489 e. The fourth-order valence-electron chi connectivity index (χ4n) is 5.28. The predicted octanol–water partition coefficient (Wildman–Crippen LogP) is 3.60. The van der Waals surface area contributed by atoms with Crippen LogP contribution in [-0.4, -0.2) is 93.6 Å². The predicted molar refractivity (Wildman–Crippen MR) is 180 cm³/mol. The standard InChI is InChI=1S/C31H44N6O3.3ClH/c1-35(2)17-14-34-30(38)20-24-11-16-37-23-25(24)7-6-18-40-29-10-9-28(19-26(29)21-32-22-31(37)39)36(3)15-12-27-8-4-5-13-33-27;;;/h4-10,13,19,24-25,32H,11-12,14-18,20-23H2,1-3H3,(H,34,38);3*1H/t24-,25-;;;/m0.../s1. The van der Waals surface area contributed by atoms with E-state index in [1.807, 2.05) is 55.5 Å². The van der Waals surface area contributed by atoms with Crippen molar-refractivity contribution in [3.05, 3.63) is 66.0 Å². The molecule has 0 aliphatic carbocycles. The van der Waals surface area contributed by atoms with Gasteiger partial charge in [-0.1, -0.05) is 18.2 Å². The zero-order valence-corrected chi connectivity index (χ0v) is 27.8. The second-order valence-corrected chi connectivity index (χ2v) is 11.0. The normalized spacial score (nSPS) is 18.2. The van der Waals surface area contributed by atoms with Crippen LogP contribution >= 0.6 is 37.2 Å². The maximum Gasteiger partial charge on any atom is 0.236 e. The minimum absolute atomic E-state index is 0. The second kappa shape index (κ2) is 19.7. The van der Waals surface area contributed by atoms with Crippen molar-refractivity contribution < 1.29 is 14.3 Å². The molecular weight excluding hydrogens is 611 g/mol. The molecular formula is C31H47Cl3N6O3. The average molecular weight is 658 g/mol. The SMILES string of the molecule is CN(C)CCNC(=O)C[C@@H]1CCN2C[C@@H]1C=CCOc1ccc(N(C)CCc3ccccn3)cc1CNCC2=O.Cl.Cl.Cl. The van der Waals surface area contributed by atoms with Crippen LogP contribution in [0.2, 0.25) is 0 Å². The lowest BCUT2D eigenvalue weighted by Gasteiger charge is -2.37. The number of carbonyl (C=O) groups is 2. The summed E-state index contributed by atoms with van der Waals surface area (Å²) in [6.45, 7) is 4.86. The number of piperidine rings is 1. The summed E-state index contributed by atoms with van der Waals surface area (Å²) >= 11 is 0. The molecule has 2 aromatic rings. The monoisotopic (exact) mass is 656 g/mol. The second-order valence-electron chi connectivity index (χ2n) is 11.0. The quantitative estimate of drug-likeness (QED) is 0.399. The zero-order chi connectivity index (χ0) is 28.3. The van der Waals surface area contributed by atoms with E-state index in [0.29, 0.717) is 39.2 Å². The molecule has 2 amide bonds. The minimum atomic E-state index is 0. The fraction of sp³-hybridized carbons (Fsp3) is 0.516. The number of aromatic nitrogens is 1. The third kappa shape index (κ3) is 12.2. The number of rotatable bonds is 9. The van der Waals surface area contributed by atoms with Crippen LogP contribution in [0.4, 0.5) is 5.69 Å². The summed E-state index contributed by atoms with van der Waals surface area (Å²) in [7, 11) is 6.07. The van der Waals surface area contributed by atoms with Gasteiger partial charge in [0.1, 0.15) is 12.4 Å². The molecule has 9 nitrogen and oxygen atoms in total. The average Bonchev–Trinajstić information content (AvgIpc) is 2.96. The van der Waals surface area contributed by atoms with E-state index in [-0.39, 0.29) is 67.4 Å². The number of fused-ring (bicyclic) bond motifs is 3. The van der Waals surface area contributed by atoms with Gasteiger partial charge in [-0.25, -0.2) is 0 Å². The van der Waals surface area contributed by atoms with Crippen LogP contribution in [0.15, 0.2) is 54.7 Å². The molecule has 0 radical (unpaired) electrons. The van der Waals surface area contributed by atoms with Gasteiger partial charge in [0.25, 0.3) is 0 Å². The molecule has 3 heterocycles. The molecule has 0 spiro atoms. The van der Waals surface area contributed by atoms with E-state index in [9.17, 15) is 9.59 Å². The first-order valence-electron chi connectivity index (χ1n) is 14.3. The van der Waals surface area contributed by atoms with Gasteiger partial charge in [-0.15, -0.1) is 37.2 Å². The number of amides is 2. The summed E-state index contributed by atoms with van der Waals surface area (Å²) in [4.78, 5) is 36.3. The summed E-state index contributed by atoms with van der Waals surface area (Å²) in [5, 5.41) is 6.38. The molecule has 2 bridgehead atoms. The first kappa shape index (κ1) is 38.5. The molecule has 2 atom stereocenters. The van der Waals surface area contributed by atoms with Gasteiger partial charge in [0, 0.05) is 82.3 Å². The van der Waals surface area contributed by atoms with Crippen LogP contribution in [0.25, 0.3) is 0 Å². The van der Waals surface area contributed by atoms with E-state index in [0.717, 1.165) is 48.6 Å². The molecule has 43 heavy (non-hydrogen) atoms. The highest BCUT2D eigenvalue weighted by Crippen LogP contribution is 2.29. The van der Waals surface area contributed by atoms with Crippen LogP contribution in [0.5, 0.6) is 5.75 Å². The van der Waals surface area contributed by atoms with Crippen molar-refractivity contribution in [2.75, 3.05) is 71.9 Å². The van der Waals surface area contributed by atoms with Gasteiger partial charge in [-0.2, -0.15) is 0 Å². The number of nitrogens with zero attached hydrogens (tertiary/aromatic N) is 4. The largest absolute Gasteiger partial charge is 0.489 e. The van der Waals surface area contributed by atoms with Crippen LogP contribution < -0.4 is 20.3 Å². The Morgan fingerprint density at radius 2 is 1.93 bits per heavy atom. The van der Waals surface area contributed by atoms with Crippen molar-refractivity contribution in [3.8, 4) is 5.75 Å². The summed E-state index contributed by atoms with van der Waals surface area (Å²) in [5.41, 5.74) is 3.19. The number of hydrogen-bond donors (Lipinski definition) is 2. The van der Waals surface area contributed by atoms with Crippen LogP contribution in [-0.2, 0) is 22.6 Å². The smallest absolute Gasteiger partial charge is 0.236 e. The number of carbonyl (C=O) groups excluding carboxylic acids is 2. The lowest BCUT2D eigenvalue weighted by atomic mass is 9.82. The Bertz CT molecular complexity index is 1150. The highest BCUT2D eigenvalue weighted by Gasteiger charge is 2.31. The van der Waals surface area contributed by atoms with E-state index in [1.54, 1.807) is 0 Å². The van der Waals surface area contributed by atoms with Crippen LogP contribution in [0.3, 0.4) is 0 Å². The fourth-order valence-corrected chi connectivity index (χ4v) is 5.28. The van der Waals surface area contributed by atoms with Gasteiger partial charge in [0.05, 0.1) is 6.54 Å². The Morgan fingerprint density at radius 3 is 2.67 bits per heavy atom. The lowest BCUT2D eigenvalue weighted by Crippen LogP contribution is -2.47. The van der Waals surface area contributed by atoms with E-state index in [4.69, 9.17) is 4.74 Å². The van der Waals surface area contributed by atoms with Gasteiger partial charge < -0.3 is 30.1 Å². The molecule has 0 saturated carbocycles. The Kier molecular flexibility index (Phi) is 17.6. The molecule has 1 aromatic carbocycles. The maximum atomic E-state index is 13.1. The molecule has 12 heteroatoms. The number of ether oxygens (including phenoxy) is 1. The molecule has 4 rings (SSSR count). The molecule has 2 N–H and O–H groups in total. The number of halogens is 3. The molecule has 0 unspecified atom stereocenters. The molecule has 1 fully saturated rings. The summed E-state index contributed by atoms with van der Waals surface area (Å²) in [5.74, 6) is 1.31. The maximum absolute atomic E-state index is 13.1. The molecule has 1 saturated heterocycles. The van der Waals surface area contributed by atoms with Crippen LogP contribution in [0.1, 0.15) is 24.1 Å². The summed E-state index contributed by atoms with van der Waals surface area (Å²) in [6, 6.07) is 12.2. The van der Waals surface area contributed by atoms with Crippen molar-refractivity contribution in [2.24, 2.45) is 11.8 Å². The van der Waals surface area contributed by atoms with E-state index >= 15 is 0 Å². The molecule has 240 valence electrons. The van der Waals surface area contributed by atoms with E-state index < -0.39 is 0 Å². The number of nitrogens with one attached hydrogen (secondary N) is 2. The van der Waals surface area contributed by atoms with E-state index in [2.05, 4.69) is 50.7 Å². The highest BCUT2D eigenvalue weighted by molar-refractivity contribution is 5.86. The van der Waals surface area contributed by atoms with Crippen molar-refractivity contribution in [1.29, 1.82) is 0 Å². The first-order chi connectivity index (χ1) is 19.4. The zero-order valence-electron chi connectivity index (χ0n) is 25.4.